The van der Waals surface area contributed by atoms with Gasteiger partial charge in [0, 0.05) is 36.2 Å². The second-order valence-electron chi connectivity index (χ2n) is 6.89. The van der Waals surface area contributed by atoms with Gasteiger partial charge in [0.2, 0.25) is 5.91 Å². The first-order valence-corrected chi connectivity index (χ1v) is 9.96. The fourth-order valence-electron chi connectivity index (χ4n) is 3.76. The molecule has 0 unspecified atom stereocenters. The van der Waals surface area contributed by atoms with Crippen molar-refractivity contribution in [3.05, 3.63) is 33.6 Å². The lowest BCUT2D eigenvalue weighted by Crippen LogP contribution is -2.27. The highest BCUT2D eigenvalue weighted by Gasteiger charge is 2.30. The zero-order valence-electron chi connectivity index (χ0n) is 15.9. The van der Waals surface area contributed by atoms with Crippen LogP contribution in [0.25, 0.3) is 22.2 Å². The minimum Gasteiger partial charge on any atom is -0.466 e. The van der Waals surface area contributed by atoms with E-state index in [1.165, 1.54) is 4.80 Å². The summed E-state index contributed by atoms with van der Waals surface area (Å²) in [4.78, 5) is 29.3. The number of aromatic amines is 1. The van der Waals surface area contributed by atoms with Gasteiger partial charge in [-0.3, -0.25) is 9.59 Å². The fraction of sp³-hybridized carbons (Fsp3) is 0.368. The van der Waals surface area contributed by atoms with Crippen LogP contribution >= 0.6 is 23.2 Å². The molecular weight excluding hydrogens is 417 g/mol. The molecule has 1 aromatic carbocycles. The molecule has 0 spiro atoms. The number of nitrogens with zero attached hydrogens (tertiary/aromatic N) is 3. The zero-order valence-corrected chi connectivity index (χ0v) is 17.4. The van der Waals surface area contributed by atoms with E-state index >= 15 is 0 Å². The molecule has 3 aromatic rings. The highest BCUT2D eigenvalue weighted by Crippen LogP contribution is 2.42. The number of ether oxygens (including phenoxy) is 1. The quantitative estimate of drug-likeness (QED) is 0.613. The molecule has 10 heteroatoms. The Hall–Kier alpha value is -2.58. The van der Waals surface area contributed by atoms with Crippen LogP contribution in [0.2, 0.25) is 10.0 Å². The summed E-state index contributed by atoms with van der Waals surface area (Å²) < 4.78 is 5.11. The molecule has 1 amide bonds. The van der Waals surface area contributed by atoms with E-state index in [2.05, 4.69) is 20.5 Å². The molecule has 2 N–H and O–H groups in total. The molecule has 2 aromatic heterocycles. The van der Waals surface area contributed by atoms with Gasteiger partial charge in [-0.25, -0.2) is 0 Å². The summed E-state index contributed by atoms with van der Waals surface area (Å²) in [6.07, 6.45) is 1.92. The number of aromatic nitrogens is 4. The van der Waals surface area contributed by atoms with Crippen LogP contribution in [0.4, 0.5) is 0 Å². The predicted octanol–water partition coefficient (Wildman–Crippen LogP) is 2.98. The molecule has 4 rings (SSSR count). The third kappa shape index (κ3) is 3.58. The minimum atomic E-state index is -0.323. The van der Waals surface area contributed by atoms with Gasteiger partial charge in [0.1, 0.15) is 5.69 Å². The van der Waals surface area contributed by atoms with E-state index in [4.69, 9.17) is 27.9 Å². The van der Waals surface area contributed by atoms with Crippen molar-refractivity contribution < 1.29 is 14.3 Å². The number of benzene rings is 1. The number of fused-ring (bicyclic) bond motifs is 3. The molecule has 3 heterocycles. The molecule has 0 radical (unpaired) electrons. The van der Waals surface area contributed by atoms with Gasteiger partial charge < -0.3 is 15.0 Å². The van der Waals surface area contributed by atoms with E-state index in [-0.39, 0.29) is 30.6 Å². The minimum absolute atomic E-state index is 0.130. The molecule has 1 atom stereocenters. The Labute approximate surface area is 176 Å². The van der Waals surface area contributed by atoms with Gasteiger partial charge in [0.05, 0.1) is 41.2 Å². The monoisotopic (exact) mass is 435 g/mol. The first-order chi connectivity index (χ1) is 13.9. The number of nitrogens with one attached hydrogen (secondary N) is 2. The van der Waals surface area contributed by atoms with Gasteiger partial charge in [0.15, 0.2) is 0 Å². The highest BCUT2D eigenvalue weighted by atomic mass is 35.5. The van der Waals surface area contributed by atoms with Crippen LogP contribution in [0.15, 0.2) is 12.3 Å². The van der Waals surface area contributed by atoms with Crippen LogP contribution in [-0.2, 0) is 27.8 Å². The maximum atomic E-state index is 12.4. The highest BCUT2D eigenvalue weighted by molar-refractivity contribution is 6.45. The summed E-state index contributed by atoms with van der Waals surface area (Å²) in [5.74, 6) is -0.723. The molecule has 1 aliphatic heterocycles. The Morgan fingerprint density at radius 2 is 2.21 bits per heavy atom. The van der Waals surface area contributed by atoms with E-state index in [0.717, 1.165) is 22.2 Å². The Balaban J connectivity index is 1.95. The van der Waals surface area contributed by atoms with Crippen LogP contribution in [0, 0.1) is 0 Å². The Morgan fingerprint density at radius 3 is 2.90 bits per heavy atom. The van der Waals surface area contributed by atoms with Crippen LogP contribution in [0.3, 0.4) is 0 Å². The average molecular weight is 436 g/mol. The summed E-state index contributed by atoms with van der Waals surface area (Å²) in [6, 6.07) is 1.73. The van der Waals surface area contributed by atoms with Gasteiger partial charge in [-0.1, -0.05) is 23.2 Å². The zero-order chi connectivity index (χ0) is 20.7. The molecule has 0 aliphatic carbocycles. The lowest BCUT2D eigenvalue weighted by molar-refractivity contribution is -0.143. The van der Waals surface area contributed by atoms with Crippen molar-refractivity contribution in [2.75, 3.05) is 13.2 Å². The predicted molar refractivity (Wildman–Crippen MR) is 109 cm³/mol. The van der Waals surface area contributed by atoms with Crippen LogP contribution < -0.4 is 5.32 Å². The van der Waals surface area contributed by atoms with Crippen molar-refractivity contribution in [3.63, 3.8) is 0 Å². The number of hydrogen-bond acceptors (Lipinski definition) is 5. The molecule has 29 heavy (non-hydrogen) atoms. The summed E-state index contributed by atoms with van der Waals surface area (Å²) in [5, 5.41) is 12.9. The average Bonchev–Trinajstić information content (AvgIpc) is 3.23. The largest absolute Gasteiger partial charge is 0.466 e. The number of H-pyrrole nitrogens is 1. The summed E-state index contributed by atoms with van der Waals surface area (Å²) in [6.45, 7) is 2.38. The standard InChI is InChI=1S/C19H19Cl2N5O3/c1-3-29-15(28)4-9-7-22-14(27)6-11-16-10(13-8-23-26(2)25-13)5-12(20)17(21)19(16)24-18(9)11/h5,8-9,24H,3-4,6-7H2,1-2H3,(H,22,27)/t9-/m1/s1. The number of rotatable bonds is 4. The van der Waals surface area contributed by atoms with Crippen molar-refractivity contribution in [3.8, 4) is 11.3 Å². The second kappa shape index (κ2) is 7.68. The van der Waals surface area contributed by atoms with Crippen molar-refractivity contribution in [1.29, 1.82) is 0 Å². The number of aryl methyl sites for hydroxylation is 1. The fourth-order valence-corrected chi connectivity index (χ4v) is 4.16. The summed E-state index contributed by atoms with van der Waals surface area (Å²) in [5.41, 5.74) is 3.52. The number of carbonyl (C=O) groups excluding carboxylic acids is 2. The third-order valence-corrected chi connectivity index (χ3v) is 5.78. The third-order valence-electron chi connectivity index (χ3n) is 4.99. The molecular formula is C19H19Cl2N5O3. The Kier molecular flexibility index (Phi) is 5.23. The van der Waals surface area contributed by atoms with E-state index in [9.17, 15) is 9.59 Å². The molecule has 0 saturated carbocycles. The van der Waals surface area contributed by atoms with E-state index in [1.54, 1.807) is 26.2 Å². The van der Waals surface area contributed by atoms with Crippen LogP contribution in [0.1, 0.15) is 30.5 Å². The maximum Gasteiger partial charge on any atom is 0.306 e. The normalized spacial score (nSPS) is 16.4. The molecule has 0 fully saturated rings. The van der Waals surface area contributed by atoms with Crippen molar-refractivity contribution in [1.82, 2.24) is 25.3 Å². The molecule has 1 aliphatic rings. The van der Waals surface area contributed by atoms with Crippen molar-refractivity contribution in [2.24, 2.45) is 7.05 Å². The molecule has 8 nitrogen and oxygen atoms in total. The number of hydrogen-bond donors (Lipinski definition) is 2. The number of halogens is 2. The lowest BCUT2D eigenvalue weighted by Gasteiger charge is -2.14. The van der Waals surface area contributed by atoms with Gasteiger partial charge in [-0.05, 0) is 18.6 Å². The van der Waals surface area contributed by atoms with Gasteiger partial charge in [0.25, 0.3) is 0 Å². The summed E-state index contributed by atoms with van der Waals surface area (Å²) in [7, 11) is 1.72. The summed E-state index contributed by atoms with van der Waals surface area (Å²) >= 11 is 12.9. The first kappa shape index (κ1) is 19.7. The first-order valence-electron chi connectivity index (χ1n) is 9.20. The van der Waals surface area contributed by atoms with Crippen molar-refractivity contribution >= 4 is 46.0 Å². The maximum absolute atomic E-state index is 12.4. The van der Waals surface area contributed by atoms with E-state index in [1.807, 2.05) is 0 Å². The molecule has 152 valence electrons. The SMILES string of the molecule is CCOC(=O)C[C@@H]1CNC(=O)Cc2c1[nH]c1c(Cl)c(Cl)cc(-c3cnn(C)n3)c21. The lowest BCUT2D eigenvalue weighted by atomic mass is 9.95. The van der Waals surface area contributed by atoms with Gasteiger partial charge >= 0.3 is 5.97 Å². The van der Waals surface area contributed by atoms with Gasteiger partial charge in [-0.2, -0.15) is 15.0 Å². The Bertz CT molecular complexity index is 1120. The number of amides is 1. The van der Waals surface area contributed by atoms with E-state index < -0.39 is 0 Å². The second-order valence-corrected chi connectivity index (χ2v) is 7.68. The van der Waals surface area contributed by atoms with E-state index in [0.29, 0.717) is 34.4 Å². The number of esters is 1. The molecule has 0 saturated heterocycles. The van der Waals surface area contributed by atoms with Crippen LogP contribution in [-0.4, -0.2) is 45.0 Å². The van der Waals surface area contributed by atoms with Gasteiger partial charge in [-0.15, -0.1) is 0 Å². The van der Waals surface area contributed by atoms with Crippen molar-refractivity contribution in [2.45, 2.75) is 25.7 Å². The van der Waals surface area contributed by atoms with Crippen LogP contribution in [0.5, 0.6) is 0 Å². The molecule has 0 bridgehead atoms. The smallest absolute Gasteiger partial charge is 0.306 e. The Morgan fingerprint density at radius 1 is 1.41 bits per heavy atom. The number of carbonyl (C=O) groups is 2. The topological polar surface area (TPSA) is 102 Å².